The molecule has 0 saturated carbocycles. The number of rotatable bonds is 7. The third-order valence-corrected chi connectivity index (χ3v) is 2.89. The van der Waals surface area contributed by atoms with Crippen molar-refractivity contribution in [1.82, 2.24) is 0 Å². The number of methoxy groups -OCH3 is 1. The molecule has 0 spiro atoms. The standard InChI is InChI=1S/C17H16O5/c1-20-17(19)14-5-7-15(8-6-14)21-9-10-22-16-4-2-3-13(11-16)12-18/h2-8,11-12H,9-10H2,1H3. The minimum absolute atomic E-state index is 0.348. The molecule has 0 radical (unpaired) electrons. The molecule has 2 aromatic rings. The maximum absolute atomic E-state index is 11.3. The van der Waals surface area contributed by atoms with Gasteiger partial charge in [-0.1, -0.05) is 12.1 Å². The summed E-state index contributed by atoms with van der Waals surface area (Å²) >= 11 is 0. The number of benzene rings is 2. The van der Waals surface area contributed by atoms with Crippen molar-refractivity contribution in [3.63, 3.8) is 0 Å². The Morgan fingerprint density at radius 3 is 2.32 bits per heavy atom. The number of hydrogen-bond acceptors (Lipinski definition) is 5. The summed E-state index contributed by atoms with van der Waals surface area (Å²) in [7, 11) is 1.34. The maximum Gasteiger partial charge on any atom is 0.337 e. The second kappa shape index (κ2) is 7.83. The van der Waals surface area contributed by atoms with E-state index in [-0.39, 0.29) is 5.97 Å². The van der Waals surface area contributed by atoms with Crippen molar-refractivity contribution in [2.45, 2.75) is 0 Å². The van der Waals surface area contributed by atoms with Crippen LogP contribution in [0.4, 0.5) is 0 Å². The fourth-order valence-electron chi connectivity index (χ4n) is 1.80. The van der Waals surface area contributed by atoms with Gasteiger partial charge in [-0.25, -0.2) is 4.79 Å². The quantitative estimate of drug-likeness (QED) is 0.447. The van der Waals surface area contributed by atoms with E-state index in [4.69, 9.17) is 9.47 Å². The highest BCUT2D eigenvalue weighted by Crippen LogP contribution is 2.14. The maximum atomic E-state index is 11.3. The second-order valence-electron chi connectivity index (χ2n) is 4.40. The molecular weight excluding hydrogens is 284 g/mol. The Hall–Kier alpha value is -2.82. The van der Waals surface area contributed by atoms with E-state index in [9.17, 15) is 9.59 Å². The molecule has 0 aliphatic carbocycles. The van der Waals surface area contributed by atoms with Crippen molar-refractivity contribution >= 4 is 12.3 Å². The number of hydrogen-bond donors (Lipinski definition) is 0. The van der Waals surface area contributed by atoms with E-state index in [1.807, 2.05) is 0 Å². The van der Waals surface area contributed by atoms with Crippen molar-refractivity contribution in [3.8, 4) is 11.5 Å². The summed E-state index contributed by atoms with van der Waals surface area (Å²) in [4.78, 5) is 21.9. The summed E-state index contributed by atoms with van der Waals surface area (Å²) in [5.74, 6) is 0.872. The van der Waals surface area contributed by atoms with Gasteiger partial charge in [-0.15, -0.1) is 0 Å². The molecule has 22 heavy (non-hydrogen) atoms. The highest BCUT2D eigenvalue weighted by atomic mass is 16.5. The van der Waals surface area contributed by atoms with Crippen molar-refractivity contribution in [2.24, 2.45) is 0 Å². The predicted molar refractivity (Wildman–Crippen MR) is 80.6 cm³/mol. The average Bonchev–Trinajstić information content (AvgIpc) is 2.58. The molecule has 0 heterocycles. The van der Waals surface area contributed by atoms with Crippen LogP contribution in [-0.4, -0.2) is 32.6 Å². The summed E-state index contributed by atoms with van der Waals surface area (Å²) in [6.45, 7) is 0.698. The van der Waals surface area contributed by atoms with Crippen molar-refractivity contribution in [3.05, 3.63) is 59.7 Å². The Bertz CT molecular complexity index is 634. The zero-order chi connectivity index (χ0) is 15.8. The van der Waals surface area contributed by atoms with E-state index in [1.165, 1.54) is 7.11 Å². The van der Waals surface area contributed by atoms with E-state index in [0.717, 1.165) is 6.29 Å². The fourth-order valence-corrected chi connectivity index (χ4v) is 1.80. The van der Waals surface area contributed by atoms with Gasteiger partial charge in [0.05, 0.1) is 12.7 Å². The van der Waals surface area contributed by atoms with E-state index < -0.39 is 0 Å². The first kappa shape index (κ1) is 15.6. The molecular formula is C17H16O5. The van der Waals surface area contributed by atoms with Crippen LogP contribution in [-0.2, 0) is 4.74 Å². The van der Waals surface area contributed by atoms with Crippen LogP contribution in [0.5, 0.6) is 11.5 Å². The van der Waals surface area contributed by atoms with Crippen LogP contribution in [0.1, 0.15) is 20.7 Å². The Kier molecular flexibility index (Phi) is 5.54. The molecule has 0 aliphatic heterocycles. The summed E-state index contributed by atoms with van der Waals surface area (Å²) in [6, 6.07) is 13.6. The number of carbonyl (C=O) groups is 2. The highest BCUT2D eigenvalue weighted by Gasteiger charge is 2.04. The van der Waals surface area contributed by atoms with Gasteiger partial charge in [0.1, 0.15) is 31.0 Å². The first-order chi connectivity index (χ1) is 10.7. The van der Waals surface area contributed by atoms with Crippen molar-refractivity contribution < 1.29 is 23.8 Å². The fraction of sp³-hybridized carbons (Fsp3) is 0.176. The third-order valence-electron chi connectivity index (χ3n) is 2.89. The Morgan fingerprint density at radius 1 is 1.00 bits per heavy atom. The first-order valence-corrected chi connectivity index (χ1v) is 6.72. The molecule has 2 rings (SSSR count). The number of carbonyl (C=O) groups excluding carboxylic acids is 2. The lowest BCUT2D eigenvalue weighted by Crippen LogP contribution is -2.09. The molecule has 114 valence electrons. The monoisotopic (exact) mass is 300 g/mol. The third kappa shape index (κ3) is 4.34. The van der Waals surface area contributed by atoms with Gasteiger partial charge in [0.15, 0.2) is 0 Å². The smallest absolute Gasteiger partial charge is 0.337 e. The van der Waals surface area contributed by atoms with Gasteiger partial charge in [0.2, 0.25) is 0 Å². The minimum atomic E-state index is -0.384. The Labute approximate surface area is 128 Å². The van der Waals surface area contributed by atoms with Gasteiger partial charge in [0, 0.05) is 5.56 Å². The van der Waals surface area contributed by atoms with Gasteiger partial charge in [-0.2, -0.15) is 0 Å². The van der Waals surface area contributed by atoms with E-state index in [2.05, 4.69) is 4.74 Å². The van der Waals surface area contributed by atoms with Crippen molar-refractivity contribution in [2.75, 3.05) is 20.3 Å². The van der Waals surface area contributed by atoms with Gasteiger partial charge in [-0.3, -0.25) is 4.79 Å². The van der Waals surface area contributed by atoms with Gasteiger partial charge in [0.25, 0.3) is 0 Å². The lowest BCUT2D eigenvalue weighted by Gasteiger charge is -2.09. The average molecular weight is 300 g/mol. The molecule has 5 heteroatoms. The van der Waals surface area contributed by atoms with Crippen LogP contribution in [0.15, 0.2) is 48.5 Å². The van der Waals surface area contributed by atoms with Crippen LogP contribution in [0, 0.1) is 0 Å². The molecule has 0 fully saturated rings. The van der Waals surface area contributed by atoms with E-state index >= 15 is 0 Å². The SMILES string of the molecule is COC(=O)c1ccc(OCCOc2cccc(C=O)c2)cc1. The van der Waals surface area contributed by atoms with Crippen LogP contribution in [0.25, 0.3) is 0 Å². The van der Waals surface area contributed by atoms with E-state index in [0.29, 0.717) is 35.8 Å². The topological polar surface area (TPSA) is 61.8 Å². The molecule has 2 aromatic carbocycles. The Morgan fingerprint density at radius 2 is 1.68 bits per heavy atom. The lowest BCUT2D eigenvalue weighted by atomic mass is 10.2. The largest absolute Gasteiger partial charge is 0.490 e. The summed E-state index contributed by atoms with van der Waals surface area (Å²) in [5.41, 5.74) is 1.04. The molecule has 0 aromatic heterocycles. The number of ether oxygens (including phenoxy) is 3. The number of esters is 1. The molecule has 0 amide bonds. The normalized spacial score (nSPS) is 9.86. The van der Waals surface area contributed by atoms with Crippen LogP contribution in [0.2, 0.25) is 0 Å². The number of aldehydes is 1. The lowest BCUT2D eigenvalue weighted by molar-refractivity contribution is 0.0600. The van der Waals surface area contributed by atoms with Crippen LogP contribution >= 0.6 is 0 Å². The Balaban J connectivity index is 1.78. The van der Waals surface area contributed by atoms with Crippen LogP contribution in [0.3, 0.4) is 0 Å². The molecule has 0 bridgehead atoms. The predicted octanol–water partition coefficient (Wildman–Crippen LogP) is 2.74. The zero-order valence-electron chi connectivity index (χ0n) is 12.2. The molecule has 0 saturated heterocycles. The summed E-state index contributed by atoms with van der Waals surface area (Å²) < 4.78 is 15.6. The zero-order valence-corrected chi connectivity index (χ0v) is 12.2. The summed E-state index contributed by atoms with van der Waals surface area (Å²) in [5, 5.41) is 0. The molecule has 0 aliphatic rings. The molecule has 0 atom stereocenters. The molecule has 0 unspecified atom stereocenters. The summed E-state index contributed by atoms with van der Waals surface area (Å²) in [6.07, 6.45) is 0.770. The van der Waals surface area contributed by atoms with E-state index in [1.54, 1.807) is 48.5 Å². The molecule has 5 nitrogen and oxygen atoms in total. The second-order valence-corrected chi connectivity index (χ2v) is 4.40. The van der Waals surface area contributed by atoms with Gasteiger partial charge >= 0.3 is 5.97 Å². The van der Waals surface area contributed by atoms with Crippen LogP contribution < -0.4 is 9.47 Å². The highest BCUT2D eigenvalue weighted by molar-refractivity contribution is 5.89. The van der Waals surface area contributed by atoms with Gasteiger partial charge < -0.3 is 14.2 Å². The minimum Gasteiger partial charge on any atom is -0.490 e. The van der Waals surface area contributed by atoms with Gasteiger partial charge in [-0.05, 0) is 36.4 Å². The molecule has 0 N–H and O–H groups in total. The first-order valence-electron chi connectivity index (χ1n) is 6.72. The van der Waals surface area contributed by atoms with Crippen molar-refractivity contribution in [1.29, 1.82) is 0 Å².